The molecule has 0 saturated carbocycles. The van der Waals surface area contributed by atoms with Crippen LogP contribution in [0.15, 0.2) is 0 Å². The van der Waals surface area contributed by atoms with Crippen molar-refractivity contribution in [3.63, 3.8) is 0 Å². The molecular weight excluding hydrogens is 800 g/mol. The highest BCUT2D eigenvalue weighted by molar-refractivity contribution is 5.76. The zero-order chi connectivity index (χ0) is 46.5. The van der Waals surface area contributed by atoms with Gasteiger partial charge in [-0.3, -0.25) is 4.79 Å². The van der Waals surface area contributed by atoms with Crippen LogP contribution in [0.1, 0.15) is 102 Å². The van der Waals surface area contributed by atoms with Gasteiger partial charge in [0.1, 0.15) is 23.9 Å². The van der Waals surface area contributed by atoms with E-state index in [1.807, 2.05) is 37.7 Å². The van der Waals surface area contributed by atoms with Gasteiger partial charge in [-0.2, -0.15) is 0 Å². The van der Waals surface area contributed by atoms with Gasteiger partial charge in [-0.25, -0.2) is 9.59 Å². The van der Waals surface area contributed by atoms with Gasteiger partial charge in [-0.05, 0) is 102 Å². The Morgan fingerprint density at radius 1 is 0.951 bits per heavy atom. The Kier molecular flexibility index (Phi) is 18.8. The zero-order valence-corrected chi connectivity index (χ0v) is 39.4. The summed E-state index contributed by atoms with van der Waals surface area (Å²) in [6.07, 6.45) is -12.1. The highest BCUT2D eigenvalue weighted by Crippen LogP contribution is 2.40. The normalized spacial score (nSPS) is 44.3. The molecule has 0 radical (unpaired) electrons. The third-order valence-corrected chi connectivity index (χ3v) is 13.2. The van der Waals surface area contributed by atoms with Crippen molar-refractivity contribution in [3.8, 4) is 0 Å². The number of carbonyl (C=O) groups is 3. The molecule has 3 heterocycles. The van der Waals surface area contributed by atoms with Gasteiger partial charge in [0.15, 0.2) is 24.8 Å². The maximum Gasteiger partial charge on any atom is 0.509 e. The molecule has 0 aliphatic carbocycles. The summed E-state index contributed by atoms with van der Waals surface area (Å²) in [4.78, 5) is 43.6. The van der Waals surface area contributed by atoms with Gasteiger partial charge >= 0.3 is 18.1 Å². The second kappa shape index (κ2) is 21.6. The number of aliphatic hydroxyl groups excluding tert-OH is 2. The van der Waals surface area contributed by atoms with Crippen molar-refractivity contribution in [2.24, 2.45) is 17.8 Å². The van der Waals surface area contributed by atoms with Crippen molar-refractivity contribution < 1.29 is 77.4 Å². The molecule has 0 aromatic rings. The van der Waals surface area contributed by atoms with Gasteiger partial charge in [0.2, 0.25) is 0 Å². The van der Waals surface area contributed by atoms with Crippen LogP contribution < -0.4 is 0 Å². The summed E-state index contributed by atoms with van der Waals surface area (Å²) in [6.45, 7) is 18.9. The first-order valence-electron chi connectivity index (χ1n) is 21.7. The van der Waals surface area contributed by atoms with Crippen LogP contribution in [-0.2, 0) is 52.2 Å². The van der Waals surface area contributed by atoms with Gasteiger partial charge < -0.3 is 72.9 Å². The first-order valence-corrected chi connectivity index (χ1v) is 21.7. The van der Waals surface area contributed by atoms with E-state index < -0.39 is 126 Å². The summed E-state index contributed by atoms with van der Waals surface area (Å²) in [7, 11) is 8.08. The second-order valence-corrected chi connectivity index (χ2v) is 18.8. The Morgan fingerprint density at radius 2 is 1.57 bits per heavy atom. The van der Waals surface area contributed by atoms with Crippen LogP contribution in [0, 0.1) is 17.8 Å². The number of likely N-dealkylation sites (N-methyl/N-ethyl adjacent to an activating group) is 2. The minimum Gasteiger partial charge on any atom is -0.466 e. The van der Waals surface area contributed by atoms with Crippen molar-refractivity contribution in [2.45, 2.75) is 198 Å². The van der Waals surface area contributed by atoms with E-state index in [2.05, 4.69) is 0 Å². The third kappa shape index (κ3) is 12.7. The quantitative estimate of drug-likeness (QED) is 0.183. The van der Waals surface area contributed by atoms with E-state index in [9.17, 15) is 34.8 Å². The molecule has 3 saturated heterocycles. The predicted octanol–water partition coefficient (Wildman–Crippen LogP) is 2.62. The fraction of sp³-hybridized carbons (Fsp3) is 0.930. The lowest BCUT2D eigenvalue weighted by molar-refractivity contribution is -0.318. The number of methoxy groups -OCH3 is 2. The van der Waals surface area contributed by atoms with E-state index >= 15 is 0 Å². The average molecular weight is 879 g/mol. The van der Waals surface area contributed by atoms with Gasteiger partial charge in [-0.15, -0.1) is 0 Å². The average Bonchev–Trinajstić information content (AvgIpc) is 3.18. The molecule has 18 nitrogen and oxygen atoms in total. The van der Waals surface area contributed by atoms with E-state index in [1.165, 1.54) is 28.1 Å². The molecule has 0 unspecified atom stereocenters. The number of carbonyl (C=O) groups excluding carboxylic acids is 3. The van der Waals surface area contributed by atoms with Crippen LogP contribution in [0.25, 0.3) is 0 Å². The lowest BCUT2D eigenvalue weighted by Crippen LogP contribution is -2.61. The minimum absolute atomic E-state index is 0.0669. The first-order chi connectivity index (χ1) is 28.1. The SMILES string of the molecule is CC[C@H]1OC(=O)[C@H](C)[C@@H](O[C@H]2C[C@@](C)(OC)[C@@H](O)[C@H](C)O2)[C@H](C)[C@@H](O[C@@H]2O[C@H](C)C[C@H](N(C)C)[C@H]2OC(=O)O[C@H](C)C(=O)OC)[C@](C)(O)C[C@@H](C)CN(C)[C@H](C)[C@@H](O)[C@]1(C)O. The molecular formula is C43H78N2O16. The van der Waals surface area contributed by atoms with Crippen LogP contribution in [0.4, 0.5) is 4.79 Å². The monoisotopic (exact) mass is 879 g/mol. The lowest BCUT2D eigenvalue weighted by Gasteiger charge is -2.49. The molecule has 19 atom stereocenters. The fourth-order valence-corrected chi connectivity index (χ4v) is 9.34. The van der Waals surface area contributed by atoms with Gasteiger partial charge in [0, 0.05) is 32.0 Å². The molecule has 4 N–H and O–H groups in total. The number of ether oxygens (including phenoxy) is 9. The number of hydrogen-bond acceptors (Lipinski definition) is 18. The Balaban J connectivity index is 2.23. The molecule has 3 rings (SSSR count). The Labute approximate surface area is 362 Å². The number of hydrogen-bond donors (Lipinski definition) is 4. The third-order valence-electron chi connectivity index (χ3n) is 13.2. The Bertz CT molecular complexity index is 1430. The summed E-state index contributed by atoms with van der Waals surface area (Å²) in [5.74, 6) is -3.77. The summed E-state index contributed by atoms with van der Waals surface area (Å²) in [5.41, 5.74) is -4.65. The number of nitrogens with zero attached hydrogens (tertiary/aromatic N) is 2. The summed E-state index contributed by atoms with van der Waals surface area (Å²) >= 11 is 0. The van der Waals surface area contributed by atoms with Crippen LogP contribution in [-0.4, -0.2) is 187 Å². The molecule has 0 amide bonds. The van der Waals surface area contributed by atoms with Crippen molar-refractivity contribution in [1.29, 1.82) is 0 Å². The molecule has 3 aliphatic heterocycles. The number of esters is 2. The van der Waals surface area contributed by atoms with Crippen molar-refractivity contribution in [1.82, 2.24) is 9.80 Å². The molecule has 0 bridgehead atoms. The molecule has 0 aromatic carbocycles. The van der Waals surface area contributed by atoms with E-state index in [0.717, 1.165) is 0 Å². The Morgan fingerprint density at radius 3 is 2.13 bits per heavy atom. The van der Waals surface area contributed by atoms with E-state index in [1.54, 1.807) is 55.5 Å². The summed E-state index contributed by atoms with van der Waals surface area (Å²) in [5, 5.41) is 47.2. The lowest BCUT2D eigenvalue weighted by atomic mass is 9.77. The molecule has 356 valence electrons. The van der Waals surface area contributed by atoms with Crippen molar-refractivity contribution in [2.75, 3.05) is 41.9 Å². The van der Waals surface area contributed by atoms with E-state index in [-0.39, 0.29) is 25.2 Å². The van der Waals surface area contributed by atoms with Crippen LogP contribution in [0.2, 0.25) is 0 Å². The van der Waals surface area contributed by atoms with E-state index in [0.29, 0.717) is 13.0 Å². The maximum atomic E-state index is 14.4. The number of rotatable bonds is 10. The molecule has 0 aromatic heterocycles. The second-order valence-electron chi connectivity index (χ2n) is 18.8. The smallest absolute Gasteiger partial charge is 0.466 e. The molecule has 0 spiro atoms. The fourth-order valence-electron chi connectivity index (χ4n) is 9.34. The maximum absolute atomic E-state index is 14.4. The Hall–Kier alpha value is -2.23. The van der Waals surface area contributed by atoms with Crippen LogP contribution >= 0.6 is 0 Å². The molecule has 3 fully saturated rings. The first kappa shape index (κ1) is 53.1. The highest BCUT2D eigenvalue weighted by Gasteiger charge is 2.53. The van der Waals surface area contributed by atoms with Crippen molar-refractivity contribution >= 4 is 18.1 Å². The van der Waals surface area contributed by atoms with Gasteiger partial charge in [-0.1, -0.05) is 20.8 Å². The topological polar surface area (TPSA) is 222 Å². The minimum atomic E-state index is -1.86. The van der Waals surface area contributed by atoms with E-state index in [4.69, 9.17) is 42.6 Å². The molecule has 61 heavy (non-hydrogen) atoms. The summed E-state index contributed by atoms with van der Waals surface area (Å²) in [6, 6.07) is -1.08. The standard InChI is InChI=1S/C43H78N2O16/c1-17-30-43(11,52)34(46)26(6)45(14)21-22(2)19-41(9,51)36(24(4)32(25(5)37(48)58-30)59-31-20-42(10,54-16)35(47)27(7)56-31)61-39-33(29(44(12)13)18-23(3)55-39)60-40(50)57-28(8)38(49)53-15/h22-36,39,46-47,51-52H,17-21H2,1-16H3/t22-,23-,24+,25-,26-,27+,28-,29+,30-,31+,32+,33-,34-,35+,36-,39+,41-,42-,43-/m1/s1. The van der Waals surface area contributed by atoms with Gasteiger partial charge in [0.25, 0.3) is 0 Å². The zero-order valence-electron chi connectivity index (χ0n) is 39.4. The summed E-state index contributed by atoms with van der Waals surface area (Å²) < 4.78 is 54.0. The predicted molar refractivity (Wildman–Crippen MR) is 221 cm³/mol. The molecule has 18 heteroatoms. The van der Waals surface area contributed by atoms with Crippen LogP contribution in [0.5, 0.6) is 0 Å². The van der Waals surface area contributed by atoms with Gasteiger partial charge in [0.05, 0.1) is 54.7 Å². The highest BCUT2D eigenvalue weighted by atomic mass is 16.8. The largest absolute Gasteiger partial charge is 0.509 e. The van der Waals surface area contributed by atoms with Crippen molar-refractivity contribution in [3.05, 3.63) is 0 Å². The molecule has 3 aliphatic rings. The number of aliphatic hydroxyl groups is 4. The van der Waals surface area contributed by atoms with Crippen LogP contribution in [0.3, 0.4) is 0 Å². The number of cyclic esters (lactones) is 1.